The van der Waals surface area contributed by atoms with Crippen LogP contribution < -0.4 is 0 Å². The lowest BCUT2D eigenvalue weighted by molar-refractivity contribution is -0.133. The first kappa shape index (κ1) is 23.4. The first-order chi connectivity index (χ1) is 15.9. The fourth-order valence-electron chi connectivity index (χ4n) is 4.58. The number of hydrogen-bond acceptors (Lipinski definition) is 4. The number of carbonyl (C=O) groups is 2. The van der Waals surface area contributed by atoms with Gasteiger partial charge in [-0.15, -0.1) is 0 Å². The first-order valence-electron chi connectivity index (χ1n) is 12.2. The van der Waals surface area contributed by atoms with Crippen molar-refractivity contribution in [3.63, 3.8) is 0 Å². The normalized spacial score (nSPS) is 16.8. The van der Waals surface area contributed by atoms with Gasteiger partial charge < -0.3 is 14.7 Å². The van der Waals surface area contributed by atoms with E-state index in [1.807, 2.05) is 61.2 Å². The molecule has 1 saturated carbocycles. The van der Waals surface area contributed by atoms with Crippen molar-refractivity contribution in [3.8, 4) is 0 Å². The molecule has 1 aliphatic heterocycles. The zero-order valence-electron chi connectivity index (χ0n) is 20.2. The maximum atomic E-state index is 13.8. The van der Waals surface area contributed by atoms with Gasteiger partial charge in [-0.05, 0) is 64.4 Å². The summed E-state index contributed by atoms with van der Waals surface area (Å²) in [7, 11) is 4.06. The molecule has 2 heterocycles. The zero-order chi connectivity index (χ0) is 23.4. The van der Waals surface area contributed by atoms with Gasteiger partial charge >= 0.3 is 0 Å². The molecule has 2 fully saturated rings. The highest BCUT2D eigenvalue weighted by Gasteiger charge is 2.36. The summed E-state index contributed by atoms with van der Waals surface area (Å²) in [5.74, 6) is 0.831. The van der Waals surface area contributed by atoms with Gasteiger partial charge in [-0.25, -0.2) is 0 Å². The van der Waals surface area contributed by atoms with E-state index in [2.05, 4.69) is 17.0 Å². The van der Waals surface area contributed by atoms with Crippen LogP contribution in [0.1, 0.15) is 58.9 Å². The van der Waals surface area contributed by atoms with Crippen molar-refractivity contribution >= 4 is 11.8 Å². The molecule has 0 unspecified atom stereocenters. The van der Waals surface area contributed by atoms with Crippen LogP contribution in [0.15, 0.2) is 42.5 Å². The Bertz CT molecular complexity index is 963. The van der Waals surface area contributed by atoms with E-state index < -0.39 is 0 Å². The van der Waals surface area contributed by atoms with Gasteiger partial charge in [0, 0.05) is 50.3 Å². The lowest BCUT2D eigenvalue weighted by Crippen LogP contribution is -2.40. The molecule has 0 radical (unpaired) electrons. The molecule has 2 aromatic rings. The van der Waals surface area contributed by atoms with E-state index in [4.69, 9.17) is 4.98 Å². The molecule has 0 atom stereocenters. The standard InChI is InChI=1S/C27H36N4O2/c1-20-9-12-24(25(28-20)22-13-15-30(16-14-22)26(32)23-10-11-23)27(33)31(18-17-29(2)3)19-21-7-5-4-6-8-21/h4-9,12,22-23H,10-11,13-19H2,1-3H3. The third kappa shape index (κ3) is 5.99. The van der Waals surface area contributed by atoms with E-state index >= 15 is 0 Å². The number of piperidine rings is 1. The largest absolute Gasteiger partial charge is 0.342 e. The van der Waals surface area contributed by atoms with Gasteiger partial charge in [-0.2, -0.15) is 0 Å². The molecular formula is C27H36N4O2. The van der Waals surface area contributed by atoms with E-state index in [1.54, 1.807) is 0 Å². The Morgan fingerprint density at radius 1 is 0.970 bits per heavy atom. The monoisotopic (exact) mass is 448 g/mol. The second kappa shape index (κ2) is 10.5. The predicted molar refractivity (Wildman–Crippen MR) is 130 cm³/mol. The highest BCUT2D eigenvalue weighted by Crippen LogP contribution is 2.35. The Labute approximate surface area is 197 Å². The first-order valence-corrected chi connectivity index (χ1v) is 12.2. The summed E-state index contributed by atoms with van der Waals surface area (Å²) in [6.45, 7) is 5.54. The number of nitrogens with zero attached hydrogens (tertiary/aromatic N) is 4. The zero-order valence-corrected chi connectivity index (χ0v) is 20.2. The van der Waals surface area contributed by atoms with Crippen LogP contribution in [0.2, 0.25) is 0 Å². The maximum Gasteiger partial charge on any atom is 0.256 e. The minimum atomic E-state index is 0.0414. The van der Waals surface area contributed by atoms with Gasteiger partial charge in [0.25, 0.3) is 5.91 Å². The molecule has 2 amide bonds. The minimum Gasteiger partial charge on any atom is -0.342 e. The summed E-state index contributed by atoms with van der Waals surface area (Å²) >= 11 is 0. The van der Waals surface area contributed by atoms with Gasteiger partial charge in [-0.3, -0.25) is 14.6 Å². The van der Waals surface area contributed by atoms with Crippen molar-refractivity contribution in [2.45, 2.75) is 45.1 Å². The van der Waals surface area contributed by atoms with Crippen LogP contribution in [-0.2, 0) is 11.3 Å². The molecule has 0 spiro atoms. The topological polar surface area (TPSA) is 56.8 Å². The molecule has 1 aliphatic carbocycles. The van der Waals surface area contributed by atoms with Crippen LogP contribution in [0.25, 0.3) is 0 Å². The highest BCUT2D eigenvalue weighted by atomic mass is 16.2. The molecule has 4 rings (SSSR count). The molecule has 1 aromatic heterocycles. The van der Waals surface area contributed by atoms with Crippen molar-refractivity contribution < 1.29 is 9.59 Å². The molecule has 2 aliphatic rings. The molecule has 176 valence electrons. The van der Waals surface area contributed by atoms with E-state index in [1.165, 1.54) is 0 Å². The van der Waals surface area contributed by atoms with E-state index in [-0.39, 0.29) is 17.7 Å². The van der Waals surface area contributed by atoms with Crippen molar-refractivity contribution in [2.24, 2.45) is 5.92 Å². The Balaban J connectivity index is 1.53. The van der Waals surface area contributed by atoms with Crippen molar-refractivity contribution in [1.29, 1.82) is 0 Å². The summed E-state index contributed by atoms with van der Waals surface area (Å²) in [4.78, 5) is 37.2. The number of hydrogen-bond donors (Lipinski definition) is 0. The minimum absolute atomic E-state index is 0.0414. The summed E-state index contributed by atoms with van der Waals surface area (Å²) in [5, 5.41) is 0. The molecule has 1 aromatic carbocycles. The van der Waals surface area contributed by atoms with Crippen molar-refractivity contribution in [1.82, 2.24) is 19.7 Å². The summed E-state index contributed by atoms with van der Waals surface area (Å²) in [5.41, 5.74) is 3.67. The van der Waals surface area contributed by atoms with Gasteiger partial charge in [-0.1, -0.05) is 30.3 Å². The van der Waals surface area contributed by atoms with Crippen LogP contribution >= 0.6 is 0 Å². The third-order valence-corrected chi connectivity index (χ3v) is 6.73. The summed E-state index contributed by atoms with van der Waals surface area (Å²) < 4.78 is 0. The molecule has 6 heteroatoms. The molecule has 33 heavy (non-hydrogen) atoms. The third-order valence-electron chi connectivity index (χ3n) is 6.73. The number of aryl methyl sites for hydroxylation is 1. The predicted octanol–water partition coefficient (Wildman–Crippen LogP) is 3.71. The quantitative estimate of drug-likeness (QED) is 0.618. The van der Waals surface area contributed by atoms with E-state index in [9.17, 15) is 9.59 Å². The van der Waals surface area contributed by atoms with Crippen LogP contribution in [0.5, 0.6) is 0 Å². The number of likely N-dealkylation sites (N-methyl/N-ethyl adjacent to an activating group) is 1. The van der Waals surface area contributed by atoms with Crippen LogP contribution in [0, 0.1) is 12.8 Å². The maximum absolute atomic E-state index is 13.8. The molecular weight excluding hydrogens is 412 g/mol. The second-order valence-electron chi connectivity index (χ2n) is 9.77. The number of amides is 2. The van der Waals surface area contributed by atoms with Gasteiger partial charge in [0.2, 0.25) is 5.91 Å². The fraction of sp³-hybridized carbons (Fsp3) is 0.519. The Hall–Kier alpha value is -2.73. The van der Waals surface area contributed by atoms with Crippen LogP contribution in [0.4, 0.5) is 0 Å². The van der Waals surface area contributed by atoms with Crippen LogP contribution in [0.3, 0.4) is 0 Å². The Kier molecular flexibility index (Phi) is 7.43. The van der Waals surface area contributed by atoms with Crippen molar-refractivity contribution in [3.05, 3.63) is 65.0 Å². The van der Waals surface area contributed by atoms with E-state index in [0.29, 0.717) is 24.6 Å². The lowest BCUT2D eigenvalue weighted by atomic mass is 9.89. The number of aromatic nitrogens is 1. The second-order valence-corrected chi connectivity index (χ2v) is 9.77. The number of benzene rings is 1. The number of pyridine rings is 1. The molecule has 0 N–H and O–H groups in total. The van der Waals surface area contributed by atoms with Gasteiger partial charge in [0.05, 0.1) is 11.3 Å². The Morgan fingerprint density at radius 2 is 1.67 bits per heavy atom. The average Bonchev–Trinajstić information content (AvgIpc) is 3.67. The molecule has 1 saturated heterocycles. The number of likely N-dealkylation sites (tertiary alicyclic amines) is 1. The lowest BCUT2D eigenvalue weighted by Gasteiger charge is -2.33. The van der Waals surface area contributed by atoms with Gasteiger partial charge in [0.1, 0.15) is 0 Å². The summed E-state index contributed by atoms with van der Waals surface area (Å²) in [6, 6.07) is 14.1. The highest BCUT2D eigenvalue weighted by molar-refractivity contribution is 5.95. The smallest absolute Gasteiger partial charge is 0.256 e. The SMILES string of the molecule is Cc1ccc(C(=O)N(CCN(C)C)Cc2ccccc2)c(C2CCN(C(=O)C3CC3)CC2)n1. The summed E-state index contributed by atoms with van der Waals surface area (Å²) in [6.07, 6.45) is 3.82. The molecule has 6 nitrogen and oxygen atoms in total. The number of carbonyl (C=O) groups excluding carboxylic acids is 2. The van der Waals surface area contributed by atoms with Crippen molar-refractivity contribution in [2.75, 3.05) is 40.3 Å². The van der Waals surface area contributed by atoms with Crippen LogP contribution in [-0.4, -0.2) is 71.8 Å². The number of rotatable bonds is 8. The Morgan fingerprint density at radius 3 is 2.30 bits per heavy atom. The van der Waals surface area contributed by atoms with Gasteiger partial charge in [0.15, 0.2) is 0 Å². The van der Waals surface area contributed by atoms with E-state index in [0.717, 1.165) is 62.3 Å². The average molecular weight is 449 g/mol. The molecule has 0 bridgehead atoms. The fourth-order valence-corrected chi connectivity index (χ4v) is 4.58.